The van der Waals surface area contributed by atoms with E-state index in [1.807, 2.05) is 25.1 Å². The van der Waals surface area contributed by atoms with Gasteiger partial charge >= 0.3 is 5.97 Å². The highest BCUT2D eigenvalue weighted by atomic mass is 79.9. The molecule has 0 aromatic heterocycles. The van der Waals surface area contributed by atoms with Crippen molar-refractivity contribution in [1.29, 1.82) is 0 Å². The molecule has 0 saturated carbocycles. The Hall–Kier alpha value is -1.03. The van der Waals surface area contributed by atoms with Gasteiger partial charge in [0.25, 0.3) is 0 Å². The van der Waals surface area contributed by atoms with Gasteiger partial charge in [-0.3, -0.25) is 4.79 Å². The molecule has 0 aliphatic heterocycles. The number of ether oxygens (including phenoxy) is 1. The SMILES string of the molecule is COc1ccc(C)cc1CCC(Br)C(=O)O. The zero-order valence-electron chi connectivity index (χ0n) is 9.37. The van der Waals surface area contributed by atoms with E-state index in [-0.39, 0.29) is 0 Å². The molecular weight excluding hydrogens is 272 g/mol. The number of benzene rings is 1. The van der Waals surface area contributed by atoms with Crippen LogP contribution in [0.4, 0.5) is 0 Å². The van der Waals surface area contributed by atoms with Crippen LogP contribution in [0.5, 0.6) is 5.75 Å². The van der Waals surface area contributed by atoms with E-state index in [4.69, 9.17) is 9.84 Å². The third-order valence-corrected chi connectivity index (χ3v) is 3.22. The van der Waals surface area contributed by atoms with E-state index < -0.39 is 10.8 Å². The molecule has 0 spiro atoms. The van der Waals surface area contributed by atoms with E-state index in [0.29, 0.717) is 12.8 Å². The zero-order valence-corrected chi connectivity index (χ0v) is 11.0. The summed E-state index contributed by atoms with van der Waals surface area (Å²) in [4.78, 5) is 10.2. The van der Waals surface area contributed by atoms with E-state index in [1.54, 1.807) is 7.11 Å². The number of carboxylic acids is 1. The smallest absolute Gasteiger partial charge is 0.317 e. The Bertz CT molecular complexity index is 377. The molecule has 1 rings (SSSR count). The minimum absolute atomic E-state index is 0.502. The van der Waals surface area contributed by atoms with Gasteiger partial charge in [-0.15, -0.1) is 0 Å². The van der Waals surface area contributed by atoms with Crippen molar-refractivity contribution in [3.63, 3.8) is 0 Å². The van der Waals surface area contributed by atoms with Crippen molar-refractivity contribution >= 4 is 21.9 Å². The quantitative estimate of drug-likeness (QED) is 0.847. The first-order chi connectivity index (χ1) is 7.54. The van der Waals surface area contributed by atoms with Crippen LogP contribution < -0.4 is 4.74 Å². The Balaban J connectivity index is 2.72. The van der Waals surface area contributed by atoms with Crippen LogP contribution >= 0.6 is 15.9 Å². The van der Waals surface area contributed by atoms with Crippen molar-refractivity contribution in [1.82, 2.24) is 0 Å². The highest BCUT2D eigenvalue weighted by molar-refractivity contribution is 9.10. The van der Waals surface area contributed by atoms with E-state index in [9.17, 15) is 4.79 Å². The molecule has 0 fully saturated rings. The van der Waals surface area contributed by atoms with Gasteiger partial charge in [-0.1, -0.05) is 33.6 Å². The summed E-state index contributed by atoms with van der Waals surface area (Å²) in [7, 11) is 1.62. The molecule has 0 amide bonds. The highest BCUT2D eigenvalue weighted by Crippen LogP contribution is 2.22. The normalized spacial score (nSPS) is 12.2. The molecule has 0 aliphatic carbocycles. The molecule has 0 heterocycles. The Morgan fingerprint density at radius 2 is 2.25 bits per heavy atom. The lowest BCUT2D eigenvalue weighted by Crippen LogP contribution is -2.13. The predicted octanol–water partition coefficient (Wildman–Crippen LogP) is 2.78. The van der Waals surface area contributed by atoms with Crippen LogP contribution in [0.25, 0.3) is 0 Å². The highest BCUT2D eigenvalue weighted by Gasteiger charge is 2.14. The first kappa shape index (κ1) is 13.0. The van der Waals surface area contributed by atoms with Gasteiger partial charge in [-0.2, -0.15) is 0 Å². The lowest BCUT2D eigenvalue weighted by Gasteiger charge is -2.10. The maximum atomic E-state index is 10.7. The van der Waals surface area contributed by atoms with Crippen LogP contribution in [-0.2, 0) is 11.2 Å². The molecular formula is C12H15BrO3. The summed E-state index contributed by atoms with van der Waals surface area (Å²) in [6.07, 6.45) is 1.24. The maximum Gasteiger partial charge on any atom is 0.317 e. The van der Waals surface area contributed by atoms with Crippen molar-refractivity contribution < 1.29 is 14.6 Å². The van der Waals surface area contributed by atoms with Gasteiger partial charge < -0.3 is 9.84 Å². The summed E-state index contributed by atoms with van der Waals surface area (Å²) in [5, 5.41) is 8.76. The summed E-state index contributed by atoms with van der Waals surface area (Å²) in [5.41, 5.74) is 2.20. The number of alkyl halides is 1. The van der Waals surface area contributed by atoms with Crippen molar-refractivity contribution in [3.8, 4) is 5.75 Å². The van der Waals surface area contributed by atoms with Gasteiger partial charge in [-0.05, 0) is 31.4 Å². The van der Waals surface area contributed by atoms with E-state index in [2.05, 4.69) is 15.9 Å². The third-order valence-electron chi connectivity index (χ3n) is 2.37. The minimum Gasteiger partial charge on any atom is -0.496 e. The molecule has 88 valence electrons. The molecule has 0 radical (unpaired) electrons. The van der Waals surface area contributed by atoms with Crippen LogP contribution in [0, 0.1) is 6.92 Å². The monoisotopic (exact) mass is 286 g/mol. The van der Waals surface area contributed by atoms with Crippen molar-refractivity contribution in [2.75, 3.05) is 7.11 Å². The predicted molar refractivity (Wildman–Crippen MR) is 66.4 cm³/mol. The summed E-state index contributed by atoms with van der Waals surface area (Å²) in [6.45, 7) is 2.01. The molecule has 0 saturated heterocycles. The standard InChI is InChI=1S/C12H15BrO3/c1-8-3-6-11(16-2)9(7-8)4-5-10(13)12(14)15/h3,6-7,10H,4-5H2,1-2H3,(H,14,15). The van der Waals surface area contributed by atoms with Crippen molar-refractivity contribution in [3.05, 3.63) is 29.3 Å². The van der Waals surface area contributed by atoms with Gasteiger partial charge in [0, 0.05) is 0 Å². The second-order valence-electron chi connectivity index (χ2n) is 3.66. The average molecular weight is 287 g/mol. The van der Waals surface area contributed by atoms with E-state index in [1.165, 1.54) is 0 Å². The lowest BCUT2D eigenvalue weighted by atomic mass is 10.0. The second-order valence-corrected chi connectivity index (χ2v) is 4.77. The number of aliphatic carboxylic acids is 1. The molecule has 0 bridgehead atoms. The number of carbonyl (C=O) groups is 1. The fourth-order valence-electron chi connectivity index (χ4n) is 1.51. The van der Waals surface area contributed by atoms with Crippen LogP contribution in [0.1, 0.15) is 17.5 Å². The largest absolute Gasteiger partial charge is 0.496 e. The topological polar surface area (TPSA) is 46.5 Å². The number of hydrogen-bond donors (Lipinski definition) is 1. The molecule has 1 atom stereocenters. The molecule has 1 aromatic rings. The fraction of sp³-hybridized carbons (Fsp3) is 0.417. The van der Waals surface area contributed by atoms with Gasteiger partial charge in [-0.25, -0.2) is 0 Å². The molecule has 0 aliphatic rings. The number of halogens is 1. The number of carboxylic acid groups (broad SMARTS) is 1. The first-order valence-corrected chi connectivity index (χ1v) is 5.96. The average Bonchev–Trinajstić information content (AvgIpc) is 2.25. The van der Waals surface area contributed by atoms with Crippen LogP contribution in [0.3, 0.4) is 0 Å². The van der Waals surface area contributed by atoms with Crippen molar-refractivity contribution in [2.24, 2.45) is 0 Å². The number of aryl methyl sites for hydroxylation is 2. The lowest BCUT2D eigenvalue weighted by molar-refractivity contribution is -0.136. The summed E-state index contributed by atoms with van der Waals surface area (Å²) in [5.74, 6) is -0.0118. The first-order valence-electron chi connectivity index (χ1n) is 5.05. The van der Waals surface area contributed by atoms with Gasteiger partial charge in [0.15, 0.2) is 0 Å². The number of methoxy groups -OCH3 is 1. The molecule has 3 nitrogen and oxygen atoms in total. The Morgan fingerprint density at radius 3 is 2.81 bits per heavy atom. The van der Waals surface area contributed by atoms with Crippen LogP contribution in [0.15, 0.2) is 18.2 Å². The number of rotatable bonds is 5. The summed E-state index contributed by atoms with van der Waals surface area (Å²) in [6, 6.07) is 5.92. The molecule has 1 unspecified atom stereocenters. The van der Waals surface area contributed by atoms with Crippen LogP contribution in [0.2, 0.25) is 0 Å². The zero-order chi connectivity index (χ0) is 12.1. The van der Waals surface area contributed by atoms with E-state index >= 15 is 0 Å². The third kappa shape index (κ3) is 3.52. The number of hydrogen-bond acceptors (Lipinski definition) is 2. The molecule has 1 N–H and O–H groups in total. The molecule has 1 aromatic carbocycles. The fourth-order valence-corrected chi connectivity index (χ4v) is 1.74. The summed E-state index contributed by atoms with van der Waals surface area (Å²) < 4.78 is 5.23. The minimum atomic E-state index is -0.827. The Labute approximate surface area is 104 Å². The molecule has 16 heavy (non-hydrogen) atoms. The van der Waals surface area contributed by atoms with E-state index in [0.717, 1.165) is 16.9 Å². The van der Waals surface area contributed by atoms with Crippen molar-refractivity contribution in [2.45, 2.75) is 24.6 Å². The second kappa shape index (κ2) is 5.89. The van der Waals surface area contributed by atoms with Gasteiger partial charge in [0.1, 0.15) is 10.6 Å². The van der Waals surface area contributed by atoms with Crippen LogP contribution in [-0.4, -0.2) is 23.0 Å². The van der Waals surface area contributed by atoms with Gasteiger partial charge in [0.05, 0.1) is 7.11 Å². The maximum absolute atomic E-state index is 10.7. The molecule has 4 heteroatoms. The Kier molecular flexibility index (Phi) is 4.80. The summed E-state index contributed by atoms with van der Waals surface area (Å²) >= 11 is 3.12. The van der Waals surface area contributed by atoms with Gasteiger partial charge in [0.2, 0.25) is 0 Å². The Morgan fingerprint density at radius 1 is 1.56 bits per heavy atom.